The van der Waals surface area contributed by atoms with Gasteiger partial charge in [-0.25, -0.2) is 9.97 Å². The molecule has 0 spiro atoms. The van der Waals surface area contributed by atoms with E-state index in [1.165, 1.54) is 0 Å². The summed E-state index contributed by atoms with van der Waals surface area (Å²) in [6.45, 7) is 8.98. The predicted molar refractivity (Wildman–Crippen MR) is 102 cm³/mol. The van der Waals surface area contributed by atoms with Crippen LogP contribution in [0.1, 0.15) is 41.6 Å². The Hall–Kier alpha value is -2.63. The van der Waals surface area contributed by atoms with E-state index in [-0.39, 0.29) is 11.8 Å². The highest BCUT2D eigenvalue weighted by Crippen LogP contribution is 2.21. The van der Waals surface area contributed by atoms with Crippen LogP contribution in [-0.4, -0.2) is 54.1 Å². The van der Waals surface area contributed by atoms with Crippen molar-refractivity contribution in [2.75, 3.05) is 38.2 Å². The molecule has 0 aliphatic carbocycles. The molecule has 1 amide bonds. The molecule has 2 aromatic rings. The summed E-state index contributed by atoms with van der Waals surface area (Å²) in [5, 5.41) is 0. The van der Waals surface area contributed by atoms with Crippen molar-refractivity contribution in [3.8, 4) is 5.75 Å². The molecular formula is C20H26N4O2. The van der Waals surface area contributed by atoms with E-state index in [9.17, 15) is 4.79 Å². The second-order valence-corrected chi connectivity index (χ2v) is 6.86. The Morgan fingerprint density at radius 3 is 2.31 bits per heavy atom. The summed E-state index contributed by atoms with van der Waals surface area (Å²) in [4.78, 5) is 25.9. The standard InChI is InChI=1S/C20H26N4O2/c1-14(2)19-21-13-18(15(3)22-19)20(25)24-11-9-23(10-12-24)16-5-7-17(26-4)8-6-16/h5-8,13-14H,9-12H2,1-4H3. The molecule has 0 atom stereocenters. The zero-order valence-corrected chi connectivity index (χ0v) is 15.9. The van der Waals surface area contributed by atoms with E-state index in [0.29, 0.717) is 18.7 Å². The zero-order chi connectivity index (χ0) is 18.7. The molecule has 1 aliphatic heterocycles. The fourth-order valence-corrected chi connectivity index (χ4v) is 3.10. The van der Waals surface area contributed by atoms with Gasteiger partial charge in [0.05, 0.1) is 18.4 Å². The molecule has 1 aromatic carbocycles. The summed E-state index contributed by atoms with van der Waals surface area (Å²) in [6.07, 6.45) is 1.68. The maximum Gasteiger partial charge on any atom is 0.257 e. The fourth-order valence-electron chi connectivity index (χ4n) is 3.10. The van der Waals surface area contributed by atoms with Crippen LogP contribution in [0.5, 0.6) is 5.75 Å². The first kappa shape index (κ1) is 18.2. The van der Waals surface area contributed by atoms with Crippen LogP contribution in [-0.2, 0) is 0 Å². The number of amides is 1. The number of anilines is 1. The lowest BCUT2D eigenvalue weighted by molar-refractivity contribution is 0.0745. The quantitative estimate of drug-likeness (QED) is 0.845. The Morgan fingerprint density at radius 2 is 1.77 bits per heavy atom. The van der Waals surface area contributed by atoms with Gasteiger partial charge in [-0.1, -0.05) is 13.8 Å². The van der Waals surface area contributed by atoms with Crippen LogP contribution in [0.2, 0.25) is 0 Å². The Kier molecular flexibility index (Phi) is 5.40. The molecule has 0 unspecified atom stereocenters. The van der Waals surface area contributed by atoms with Crippen molar-refractivity contribution >= 4 is 11.6 Å². The third-order valence-corrected chi connectivity index (χ3v) is 4.75. The second-order valence-electron chi connectivity index (χ2n) is 6.86. The first-order chi connectivity index (χ1) is 12.5. The minimum atomic E-state index is 0.0205. The van der Waals surface area contributed by atoms with Gasteiger partial charge in [0.15, 0.2) is 0 Å². The van der Waals surface area contributed by atoms with Gasteiger partial charge in [0.2, 0.25) is 0 Å². The molecule has 6 nitrogen and oxygen atoms in total. The summed E-state index contributed by atoms with van der Waals surface area (Å²) in [7, 11) is 1.67. The molecule has 0 N–H and O–H groups in total. The molecule has 1 saturated heterocycles. The topological polar surface area (TPSA) is 58.6 Å². The summed E-state index contributed by atoms with van der Waals surface area (Å²) >= 11 is 0. The Labute approximate surface area is 154 Å². The average molecular weight is 354 g/mol. The Morgan fingerprint density at radius 1 is 1.12 bits per heavy atom. The molecular weight excluding hydrogens is 328 g/mol. The third-order valence-electron chi connectivity index (χ3n) is 4.75. The normalized spacial score (nSPS) is 14.7. The van der Waals surface area contributed by atoms with Gasteiger partial charge < -0.3 is 14.5 Å². The van der Waals surface area contributed by atoms with E-state index in [4.69, 9.17) is 4.74 Å². The number of methoxy groups -OCH3 is 1. The van der Waals surface area contributed by atoms with Crippen LogP contribution in [0.25, 0.3) is 0 Å². The largest absolute Gasteiger partial charge is 0.497 e. The highest BCUT2D eigenvalue weighted by atomic mass is 16.5. The fraction of sp³-hybridized carbons (Fsp3) is 0.450. The van der Waals surface area contributed by atoms with E-state index >= 15 is 0 Å². The first-order valence-electron chi connectivity index (χ1n) is 9.01. The predicted octanol–water partition coefficient (Wildman–Crippen LogP) is 2.88. The van der Waals surface area contributed by atoms with E-state index in [2.05, 4.69) is 40.8 Å². The number of nitrogens with zero attached hydrogens (tertiary/aromatic N) is 4. The number of rotatable bonds is 4. The van der Waals surface area contributed by atoms with Crippen molar-refractivity contribution < 1.29 is 9.53 Å². The molecule has 0 bridgehead atoms. The lowest BCUT2D eigenvalue weighted by atomic mass is 10.1. The Balaban J connectivity index is 1.64. The molecule has 138 valence electrons. The van der Waals surface area contributed by atoms with Gasteiger partial charge in [0.1, 0.15) is 11.6 Å². The van der Waals surface area contributed by atoms with Crippen LogP contribution in [0.15, 0.2) is 30.5 Å². The maximum atomic E-state index is 12.8. The summed E-state index contributed by atoms with van der Waals surface area (Å²) in [5.74, 6) is 1.91. The number of piperazine rings is 1. The van der Waals surface area contributed by atoms with Crippen molar-refractivity contribution in [3.63, 3.8) is 0 Å². The molecule has 2 heterocycles. The summed E-state index contributed by atoms with van der Waals surface area (Å²) in [6, 6.07) is 8.03. The Bertz CT molecular complexity index is 766. The summed E-state index contributed by atoms with van der Waals surface area (Å²) in [5.41, 5.74) is 2.51. The number of ether oxygens (including phenoxy) is 1. The molecule has 0 radical (unpaired) electrons. The molecule has 1 fully saturated rings. The molecule has 6 heteroatoms. The average Bonchev–Trinajstić information content (AvgIpc) is 2.67. The van der Waals surface area contributed by atoms with Crippen molar-refractivity contribution in [2.45, 2.75) is 26.7 Å². The monoisotopic (exact) mass is 354 g/mol. The number of carbonyl (C=O) groups excluding carboxylic acids is 1. The molecule has 26 heavy (non-hydrogen) atoms. The summed E-state index contributed by atoms with van der Waals surface area (Å²) < 4.78 is 5.21. The van der Waals surface area contributed by atoms with E-state index in [1.807, 2.05) is 24.0 Å². The van der Waals surface area contributed by atoms with E-state index in [1.54, 1.807) is 13.3 Å². The number of hydrogen-bond acceptors (Lipinski definition) is 5. The number of hydrogen-bond donors (Lipinski definition) is 0. The van der Waals surface area contributed by atoms with Crippen molar-refractivity contribution in [1.82, 2.24) is 14.9 Å². The molecule has 1 aromatic heterocycles. The van der Waals surface area contributed by atoms with Crippen molar-refractivity contribution in [2.24, 2.45) is 0 Å². The van der Waals surface area contributed by atoms with E-state index < -0.39 is 0 Å². The second kappa shape index (κ2) is 7.72. The smallest absolute Gasteiger partial charge is 0.257 e. The number of aryl methyl sites for hydroxylation is 1. The van der Waals surface area contributed by atoms with Crippen molar-refractivity contribution in [3.05, 3.63) is 47.5 Å². The third kappa shape index (κ3) is 3.79. The lowest BCUT2D eigenvalue weighted by Crippen LogP contribution is -2.49. The van der Waals surface area contributed by atoms with Crippen molar-refractivity contribution in [1.29, 1.82) is 0 Å². The molecule has 1 aliphatic rings. The van der Waals surface area contributed by atoms with Gasteiger partial charge in [-0.3, -0.25) is 4.79 Å². The highest BCUT2D eigenvalue weighted by molar-refractivity contribution is 5.95. The van der Waals surface area contributed by atoms with Crippen LogP contribution in [0.4, 0.5) is 5.69 Å². The zero-order valence-electron chi connectivity index (χ0n) is 15.9. The maximum absolute atomic E-state index is 12.8. The van der Waals surface area contributed by atoms with Gasteiger partial charge in [-0.05, 0) is 31.2 Å². The molecule has 3 rings (SSSR count). The van der Waals surface area contributed by atoms with Crippen LogP contribution >= 0.6 is 0 Å². The van der Waals surface area contributed by atoms with E-state index in [0.717, 1.165) is 36.0 Å². The van der Waals surface area contributed by atoms with Gasteiger partial charge in [-0.15, -0.1) is 0 Å². The van der Waals surface area contributed by atoms with Gasteiger partial charge >= 0.3 is 0 Å². The number of aromatic nitrogens is 2. The van der Waals surface area contributed by atoms with Crippen LogP contribution in [0, 0.1) is 6.92 Å². The van der Waals surface area contributed by atoms with Gasteiger partial charge in [-0.2, -0.15) is 0 Å². The molecule has 0 saturated carbocycles. The number of benzene rings is 1. The lowest BCUT2D eigenvalue weighted by Gasteiger charge is -2.36. The highest BCUT2D eigenvalue weighted by Gasteiger charge is 2.24. The van der Waals surface area contributed by atoms with Gasteiger partial charge in [0.25, 0.3) is 5.91 Å². The van der Waals surface area contributed by atoms with Gasteiger partial charge in [0, 0.05) is 44.0 Å². The minimum Gasteiger partial charge on any atom is -0.497 e. The number of carbonyl (C=O) groups is 1. The SMILES string of the molecule is COc1ccc(N2CCN(C(=O)c3cnc(C(C)C)nc3C)CC2)cc1. The van der Waals surface area contributed by atoms with Crippen LogP contribution in [0.3, 0.4) is 0 Å². The first-order valence-corrected chi connectivity index (χ1v) is 9.01. The minimum absolute atomic E-state index is 0.0205. The van der Waals surface area contributed by atoms with Crippen LogP contribution < -0.4 is 9.64 Å².